The molecule has 0 saturated heterocycles. The van der Waals surface area contributed by atoms with E-state index in [1.54, 1.807) is 0 Å². The lowest BCUT2D eigenvalue weighted by Crippen LogP contribution is -1.97. The molecule has 0 radical (unpaired) electrons. The second-order valence-corrected chi connectivity index (χ2v) is 16.4. The molecule has 0 N–H and O–H groups in total. The fourth-order valence-electron chi connectivity index (χ4n) is 9.04. The summed E-state index contributed by atoms with van der Waals surface area (Å²) in [6.07, 6.45) is 0. The maximum Gasteiger partial charge on any atom is 0.160 e. The van der Waals surface area contributed by atoms with Crippen LogP contribution in [0.25, 0.3) is 119 Å². The van der Waals surface area contributed by atoms with E-state index in [9.17, 15) is 0 Å². The summed E-state index contributed by atoms with van der Waals surface area (Å²) in [5, 5.41) is 12.5. The Morgan fingerprint density at radius 3 is 1.73 bits per heavy atom. The number of thiophene rings is 1. The van der Waals surface area contributed by atoms with Gasteiger partial charge in [-0.25, -0.2) is 9.97 Å². The van der Waals surface area contributed by atoms with E-state index in [1.807, 2.05) is 17.4 Å². The quantitative estimate of drug-likeness (QED) is 0.129. The molecule has 0 spiro atoms. The molecule has 59 heavy (non-hydrogen) atoms. The summed E-state index contributed by atoms with van der Waals surface area (Å²) in [5.74, 6) is 0.706. The van der Waals surface area contributed by atoms with E-state index in [4.69, 9.17) is 9.97 Å². The summed E-state index contributed by atoms with van der Waals surface area (Å²) in [6.45, 7) is 0. The molecule has 0 unspecified atom stereocenters. The molecule has 0 aliphatic rings. The molecule has 3 heteroatoms. The topological polar surface area (TPSA) is 25.8 Å². The number of aromatic nitrogens is 2. The number of rotatable bonds is 5. The Labute approximate surface area is 345 Å². The van der Waals surface area contributed by atoms with E-state index in [-0.39, 0.29) is 0 Å². The molecular formula is C56H34N2S. The van der Waals surface area contributed by atoms with Gasteiger partial charge >= 0.3 is 0 Å². The highest BCUT2D eigenvalue weighted by Crippen LogP contribution is 2.44. The number of fused-ring (bicyclic) bond motifs is 8. The lowest BCUT2D eigenvalue weighted by molar-refractivity contribution is 1.18. The average molecular weight is 767 g/mol. The SMILES string of the molecule is c1ccc(-c2nc(-c3ccc(-c4ccc5sc6ccccc6c5c4)cc3)cc(-c3ccc(-c4c5ccccc5cc5c4ccc4ccccc45)c4ccccc34)n2)cc1. The molecule has 2 heterocycles. The Kier molecular flexibility index (Phi) is 7.75. The zero-order valence-corrected chi connectivity index (χ0v) is 32.7. The van der Waals surface area contributed by atoms with Gasteiger partial charge in [-0.2, -0.15) is 0 Å². The number of nitrogens with zero attached hydrogens (tertiary/aromatic N) is 2. The van der Waals surface area contributed by atoms with Crippen molar-refractivity contribution in [2.75, 3.05) is 0 Å². The van der Waals surface area contributed by atoms with Crippen molar-refractivity contribution in [3.63, 3.8) is 0 Å². The monoisotopic (exact) mass is 766 g/mol. The Morgan fingerprint density at radius 1 is 0.288 bits per heavy atom. The van der Waals surface area contributed by atoms with Gasteiger partial charge in [0.15, 0.2) is 5.82 Å². The van der Waals surface area contributed by atoms with Crippen LogP contribution in [-0.4, -0.2) is 9.97 Å². The molecule has 2 nitrogen and oxygen atoms in total. The molecule has 0 fully saturated rings. The highest BCUT2D eigenvalue weighted by Gasteiger charge is 2.18. The Morgan fingerprint density at radius 2 is 0.898 bits per heavy atom. The molecule has 0 saturated carbocycles. The Bertz CT molecular complexity index is 3600. The third-order valence-electron chi connectivity index (χ3n) is 11.9. The van der Waals surface area contributed by atoms with Gasteiger partial charge < -0.3 is 0 Å². The smallest absolute Gasteiger partial charge is 0.160 e. The van der Waals surface area contributed by atoms with Crippen molar-refractivity contribution in [3.8, 4) is 56.2 Å². The van der Waals surface area contributed by atoms with Crippen molar-refractivity contribution in [2.24, 2.45) is 0 Å². The summed E-state index contributed by atoms with van der Waals surface area (Å²) in [4.78, 5) is 10.5. The number of hydrogen-bond donors (Lipinski definition) is 0. The van der Waals surface area contributed by atoms with E-state index in [0.29, 0.717) is 5.82 Å². The largest absolute Gasteiger partial charge is 0.228 e. The van der Waals surface area contributed by atoms with Gasteiger partial charge in [0, 0.05) is 36.9 Å². The standard InChI is InChI=1S/C56H34N2S/c1-2-13-38(14-3-1)56-57-51(37-24-22-35(23-25-37)39-27-31-54-50(32-39)46-20-10-11-21-53(46)59-54)34-52(58-56)45-29-30-47(44-19-9-8-18-43(44)45)55-42-17-7-5-15-40(42)33-49-41-16-6-4-12-36(41)26-28-48(49)55/h1-34H. The van der Waals surface area contributed by atoms with Gasteiger partial charge in [-0.05, 0) is 95.7 Å². The van der Waals surface area contributed by atoms with Crippen LogP contribution in [0.4, 0.5) is 0 Å². The highest BCUT2D eigenvalue weighted by atomic mass is 32.1. The molecule has 12 aromatic rings. The predicted molar refractivity (Wildman–Crippen MR) is 252 cm³/mol. The van der Waals surface area contributed by atoms with Gasteiger partial charge in [0.25, 0.3) is 0 Å². The summed E-state index contributed by atoms with van der Waals surface area (Å²) in [6, 6.07) is 74.6. The van der Waals surface area contributed by atoms with E-state index in [0.717, 1.165) is 33.5 Å². The van der Waals surface area contributed by atoms with Crippen molar-refractivity contribution < 1.29 is 0 Å². The lowest BCUT2D eigenvalue weighted by atomic mass is 9.86. The lowest BCUT2D eigenvalue weighted by Gasteiger charge is -2.17. The first kappa shape index (κ1) is 33.7. The van der Waals surface area contributed by atoms with Crippen LogP contribution in [0.1, 0.15) is 0 Å². The van der Waals surface area contributed by atoms with Gasteiger partial charge in [-0.15, -0.1) is 11.3 Å². The molecule has 0 bridgehead atoms. The van der Waals surface area contributed by atoms with Crippen LogP contribution >= 0.6 is 11.3 Å². The minimum atomic E-state index is 0.706. The Hall–Kier alpha value is -7.46. The number of benzene rings is 10. The van der Waals surface area contributed by atoms with Crippen molar-refractivity contribution in [3.05, 3.63) is 206 Å². The van der Waals surface area contributed by atoms with E-state index in [2.05, 4.69) is 200 Å². The first-order valence-corrected chi connectivity index (χ1v) is 20.9. The van der Waals surface area contributed by atoms with Crippen molar-refractivity contribution in [1.82, 2.24) is 9.97 Å². The van der Waals surface area contributed by atoms with Crippen LogP contribution < -0.4 is 0 Å². The molecule has 10 aromatic carbocycles. The highest BCUT2D eigenvalue weighted by molar-refractivity contribution is 7.25. The maximum absolute atomic E-state index is 5.29. The first-order chi connectivity index (χ1) is 29.2. The van der Waals surface area contributed by atoms with Crippen LogP contribution in [0.5, 0.6) is 0 Å². The molecule has 0 atom stereocenters. The minimum absolute atomic E-state index is 0.706. The van der Waals surface area contributed by atoms with Gasteiger partial charge in [-0.1, -0.05) is 176 Å². The second kappa shape index (κ2) is 13.6. The molecular weight excluding hydrogens is 733 g/mol. The van der Waals surface area contributed by atoms with Crippen molar-refractivity contribution >= 4 is 74.6 Å². The molecule has 2 aromatic heterocycles. The van der Waals surface area contributed by atoms with Gasteiger partial charge in [0.2, 0.25) is 0 Å². The summed E-state index contributed by atoms with van der Waals surface area (Å²) in [7, 11) is 0. The van der Waals surface area contributed by atoms with Crippen molar-refractivity contribution in [1.29, 1.82) is 0 Å². The third-order valence-corrected chi connectivity index (χ3v) is 13.0. The van der Waals surface area contributed by atoms with Crippen LogP contribution in [0.2, 0.25) is 0 Å². The van der Waals surface area contributed by atoms with Crippen LogP contribution in [0, 0.1) is 0 Å². The summed E-state index contributed by atoms with van der Waals surface area (Å²) >= 11 is 1.85. The zero-order chi connectivity index (χ0) is 38.9. The zero-order valence-electron chi connectivity index (χ0n) is 31.9. The van der Waals surface area contributed by atoms with E-state index in [1.165, 1.54) is 80.1 Å². The second-order valence-electron chi connectivity index (χ2n) is 15.3. The molecule has 274 valence electrons. The summed E-state index contributed by atoms with van der Waals surface area (Å²) < 4.78 is 2.63. The molecule has 12 rings (SSSR count). The minimum Gasteiger partial charge on any atom is -0.228 e. The molecule has 0 amide bonds. The van der Waals surface area contributed by atoms with Gasteiger partial charge in [0.05, 0.1) is 11.4 Å². The van der Waals surface area contributed by atoms with Crippen LogP contribution in [0.3, 0.4) is 0 Å². The fraction of sp³-hybridized carbons (Fsp3) is 0. The first-order valence-electron chi connectivity index (χ1n) is 20.1. The van der Waals surface area contributed by atoms with E-state index < -0.39 is 0 Å². The maximum atomic E-state index is 5.29. The van der Waals surface area contributed by atoms with Crippen LogP contribution in [-0.2, 0) is 0 Å². The average Bonchev–Trinajstić information content (AvgIpc) is 3.69. The Balaban J connectivity index is 1.02. The van der Waals surface area contributed by atoms with Gasteiger partial charge in [0.1, 0.15) is 0 Å². The summed E-state index contributed by atoms with van der Waals surface area (Å²) in [5.41, 5.74) is 9.75. The molecule has 0 aliphatic carbocycles. The fourth-order valence-corrected chi connectivity index (χ4v) is 10.1. The van der Waals surface area contributed by atoms with E-state index >= 15 is 0 Å². The third kappa shape index (κ3) is 5.62. The van der Waals surface area contributed by atoms with Crippen molar-refractivity contribution in [2.45, 2.75) is 0 Å². The predicted octanol–water partition coefficient (Wildman–Crippen LogP) is 15.8. The van der Waals surface area contributed by atoms with Gasteiger partial charge in [-0.3, -0.25) is 0 Å². The normalized spacial score (nSPS) is 11.7. The molecule has 0 aliphatic heterocycles. The number of hydrogen-bond acceptors (Lipinski definition) is 3. The van der Waals surface area contributed by atoms with Crippen LogP contribution in [0.15, 0.2) is 206 Å².